The molecule has 0 aliphatic carbocycles. The first-order valence-electron chi connectivity index (χ1n) is 6.53. The second-order valence-electron chi connectivity index (χ2n) is 5.26. The number of anilines is 1. The maximum absolute atomic E-state index is 11.6. The van der Waals surface area contributed by atoms with E-state index >= 15 is 0 Å². The Balaban J connectivity index is 2.27. The largest absolute Gasteiger partial charge is 0.481 e. The van der Waals surface area contributed by atoms with Crippen LogP contribution in [0.5, 0.6) is 5.88 Å². The van der Waals surface area contributed by atoms with Gasteiger partial charge in [0.25, 0.3) is 0 Å². The Bertz CT molecular complexity index is 574. The predicted octanol–water partition coefficient (Wildman–Crippen LogP) is 1.18. The van der Waals surface area contributed by atoms with Crippen LogP contribution in [0.15, 0.2) is 12.1 Å². The van der Waals surface area contributed by atoms with E-state index < -0.39 is 17.4 Å². The number of pyridine rings is 1. The number of carbonyl (C=O) groups excluding carboxylic acids is 1. The zero-order valence-corrected chi connectivity index (χ0v) is 12.3. The second-order valence-corrected chi connectivity index (χ2v) is 5.26. The van der Waals surface area contributed by atoms with E-state index in [4.69, 9.17) is 4.74 Å². The van der Waals surface area contributed by atoms with Gasteiger partial charge in [0.15, 0.2) is 0 Å². The molecule has 1 fully saturated rings. The van der Waals surface area contributed by atoms with Crippen LogP contribution in [0, 0.1) is 5.41 Å². The van der Waals surface area contributed by atoms with Crippen LogP contribution in [-0.4, -0.2) is 49.3 Å². The van der Waals surface area contributed by atoms with Gasteiger partial charge in [-0.3, -0.25) is 4.79 Å². The van der Waals surface area contributed by atoms with Gasteiger partial charge in [0.05, 0.1) is 19.6 Å². The summed E-state index contributed by atoms with van der Waals surface area (Å²) in [6.07, 6.45) is 0.547. The molecule has 0 saturated carbocycles. The SMILES string of the molecule is COC(=O)c1ccc(N2CCC(C)(C(=O)O)C2)nc1OC. The highest BCUT2D eigenvalue weighted by atomic mass is 16.5. The number of methoxy groups -OCH3 is 2. The number of esters is 1. The molecule has 7 heteroatoms. The Morgan fingerprint density at radius 2 is 2.10 bits per heavy atom. The molecule has 2 heterocycles. The van der Waals surface area contributed by atoms with Crippen LogP contribution in [0.25, 0.3) is 0 Å². The van der Waals surface area contributed by atoms with Crippen LogP contribution in [-0.2, 0) is 9.53 Å². The highest BCUT2D eigenvalue weighted by Crippen LogP contribution is 2.33. The van der Waals surface area contributed by atoms with Gasteiger partial charge >= 0.3 is 11.9 Å². The van der Waals surface area contributed by atoms with Gasteiger partial charge in [0, 0.05) is 13.1 Å². The van der Waals surface area contributed by atoms with Crippen molar-refractivity contribution in [2.45, 2.75) is 13.3 Å². The summed E-state index contributed by atoms with van der Waals surface area (Å²) in [5.41, 5.74) is -0.542. The fraction of sp³-hybridized carbons (Fsp3) is 0.500. The van der Waals surface area contributed by atoms with E-state index in [0.717, 1.165) is 0 Å². The molecule has 0 amide bonds. The van der Waals surface area contributed by atoms with Crippen LogP contribution in [0.2, 0.25) is 0 Å². The minimum atomic E-state index is -0.817. The highest BCUT2D eigenvalue weighted by molar-refractivity contribution is 5.92. The fourth-order valence-electron chi connectivity index (χ4n) is 2.36. The van der Waals surface area contributed by atoms with Gasteiger partial charge in [0.1, 0.15) is 11.4 Å². The summed E-state index contributed by atoms with van der Waals surface area (Å²) in [7, 11) is 2.71. The number of carboxylic acid groups (broad SMARTS) is 1. The van der Waals surface area contributed by atoms with Gasteiger partial charge in [0.2, 0.25) is 5.88 Å². The lowest BCUT2D eigenvalue weighted by molar-refractivity contribution is -0.146. The van der Waals surface area contributed by atoms with Gasteiger partial charge < -0.3 is 19.5 Å². The number of rotatable bonds is 4. The van der Waals surface area contributed by atoms with Crippen LogP contribution >= 0.6 is 0 Å². The lowest BCUT2D eigenvalue weighted by Crippen LogP contribution is -2.32. The number of nitrogens with zero attached hydrogens (tertiary/aromatic N) is 2. The van der Waals surface area contributed by atoms with Crippen LogP contribution < -0.4 is 9.64 Å². The molecule has 1 aliphatic heterocycles. The Kier molecular flexibility index (Phi) is 4.02. The second kappa shape index (κ2) is 5.59. The summed E-state index contributed by atoms with van der Waals surface area (Å²) >= 11 is 0. The summed E-state index contributed by atoms with van der Waals surface area (Å²) in [6.45, 7) is 2.68. The number of hydrogen-bond donors (Lipinski definition) is 1. The first-order chi connectivity index (χ1) is 9.91. The third-order valence-electron chi connectivity index (χ3n) is 3.76. The van der Waals surface area contributed by atoms with Gasteiger partial charge in [-0.15, -0.1) is 0 Å². The van der Waals surface area contributed by atoms with Crippen molar-refractivity contribution in [3.8, 4) is 5.88 Å². The van der Waals surface area contributed by atoms with Crippen molar-refractivity contribution >= 4 is 17.8 Å². The van der Waals surface area contributed by atoms with Gasteiger partial charge in [-0.05, 0) is 25.5 Å². The minimum absolute atomic E-state index is 0.170. The van der Waals surface area contributed by atoms with Crippen molar-refractivity contribution in [2.75, 3.05) is 32.2 Å². The first kappa shape index (κ1) is 15.1. The maximum atomic E-state index is 11.6. The molecule has 1 aromatic heterocycles. The summed E-state index contributed by atoms with van der Waals surface area (Å²) in [4.78, 5) is 29.0. The van der Waals surface area contributed by atoms with Crippen LogP contribution in [0.4, 0.5) is 5.82 Å². The molecular formula is C14H18N2O5. The number of hydrogen-bond acceptors (Lipinski definition) is 6. The molecule has 7 nitrogen and oxygen atoms in total. The quantitative estimate of drug-likeness (QED) is 0.834. The lowest BCUT2D eigenvalue weighted by atomic mass is 9.90. The van der Waals surface area contributed by atoms with Crippen molar-refractivity contribution < 1.29 is 24.2 Å². The van der Waals surface area contributed by atoms with E-state index in [0.29, 0.717) is 25.3 Å². The summed E-state index contributed by atoms with van der Waals surface area (Å²) in [5, 5.41) is 9.25. The zero-order valence-electron chi connectivity index (χ0n) is 12.3. The molecule has 0 bridgehead atoms. The molecule has 21 heavy (non-hydrogen) atoms. The van der Waals surface area contributed by atoms with Crippen molar-refractivity contribution in [1.29, 1.82) is 0 Å². The molecule has 1 saturated heterocycles. The van der Waals surface area contributed by atoms with Crippen molar-refractivity contribution in [3.05, 3.63) is 17.7 Å². The van der Waals surface area contributed by atoms with E-state index in [9.17, 15) is 14.7 Å². The standard InChI is InChI=1S/C14H18N2O5/c1-14(13(18)19)6-7-16(8-14)10-5-4-9(12(17)21-3)11(15-10)20-2/h4-5H,6-8H2,1-3H3,(H,18,19). The van der Waals surface area contributed by atoms with E-state index in [1.807, 2.05) is 4.90 Å². The summed E-state index contributed by atoms with van der Waals surface area (Å²) in [5.74, 6) is -0.585. The number of ether oxygens (including phenoxy) is 2. The monoisotopic (exact) mass is 294 g/mol. The van der Waals surface area contributed by atoms with Crippen LogP contribution in [0.1, 0.15) is 23.7 Å². The van der Waals surface area contributed by atoms with Crippen molar-refractivity contribution in [1.82, 2.24) is 4.98 Å². The fourth-order valence-corrected chi connectivity index (χ4v) is 2.36. The zero-order chi connectivity index (χ0) is 15.6. The Morgan fingerprint density at radius 3 is 2.62 bits per heavy atom. The first-order valence-corrected chi connectivity index (χ1v) is 6.53. The van der Waals surface area contributed by atoms with Crippen LogP contribution in [0.3, 0.4) is 0 Å². The molecule has 0 radical (unpaired) electrons. The average molecular weight is 294 g/mol. The molecule has 1 atom stereocenters. The molecule has 1 unspecified atom stereocenters. The molecular weight excluding hydrogens is 276 g/mol. The van der Waals surface area contributed by atoms with Crippen molar-refractivity contribution in [2.24, 2.45) is 5.41 Å². The number of carboxylic acids is 1. The van der Waals surface area contributed by atoms with E-state index in [-0.39, 0.29) is 11.4 Å². The van der Waals surface area contributed by atoms with Gasteiger partial charge in [-0.2, -0.15) is 4.98 Å². The van der Waals surface area contributed by atoms with E-state index in [1.165, 1.54) is 14.2 Å². The van der Waals surface area contributed by atoms with E-state index in [1.54, 1.807) is 19.1 Å². The summed E-state index contributed by atoms with van der Waals surface area (Å²) in [6, 6.07) is 3.24. The lowest BCUT2D eigenvalue weighted by Gasteiger charge is -2.21. The molecule has 0 aromatic carbocycles. The molecule has 0 spiro atoms. The highest BCUT2D eigenvalue weighted by Gasteiger charge is 2.41. The molecule has 114 valence electrons. The number of aromatic nitrogens is 1. The molecule has 1 aromatic rings. The normalized spacial score (nSPS) is 21.2. The van der Waals surface area contributed by atoms with Crippen molar-refractivity contribution in [3.63, 3.8) is 0 Å². The minimum Gasteiger partial charge on any atom is -0.481 e. The van der Waals surface area contributed by atoms with Gasteiger partial charge in [-0.25, -0.2) is 4.79 Å². The predicted molar refractivity (Wildman–Crippen MR) is 74.7 cm³/mol. The molecule has 1 N–H and O–H groups in total. The topological polar surface area (TPSA) is 89.0 Å². The Hall–Kier alpha value is -2.31. The number of carbonyl (C=O) groups is 2. The number of aliphatic carboxylic acids is 1. The maximum Gasteiger partial charge on any atom is 0.343 e. The van der Waals surface area contributed by atoms with Gasteiger partial charge in [-0.1, -0.05) is 0 Å². The molecule has 1 aliphatic rings. The summed E-state index contributed by atoms with van der Waals surface area (Å²) < 4.78 is 9.77. The Morgan fingerprint density at radius 1 is 1.38 bits per heavy atom. The smallest absolute Gasteiger partial charge is 0.343 e. The molecule has 2 rings (SSSR count). The third-order valence-corrected chi connectivity index (χ3v) is 3.76. The van der Waals surface area contributed by atoms with E-state index in [2.05, 4.69) is 9.72 Å². The third kappa shape index (κ3) is 2.76. The average Bonchev–Trinajstić information content (AvgIpc) is 2.89. The Labute approximate surface area is 122 Å².